The first-order chi connectivity index (χ1) is 13.6. The number of rotatable bonds is 19. The molecule has 0 saturated carbocycles. The number of hydrogen-bond donors (Lipinski definition) is 0. The maximum absolute atomic E-state index is 11.8. The maximum atomic E-state index is 11.8. The molecule has 0 amide bonds. The van der Waals surface area contributed by atoms with Crippen molar-refractivity contribution in [3.63, 3.8) is 0 Å². The summed E-state index contributed by atoms with van der Waals surface area (Å²) < 4.78 is 32.7. The van der Waals surface area contributed by atoms with E-state index in [1.807, 2.05) is 21.1 Å². The Hall–Kier alpha value is -0.500. The Bertz CT molecular complexity index is 468. The van der Waals surface area contributed by atoms with Gasteiger partial charge in [-0.1, -0.05) is 51.9 Å². The molecule has 8 nitrogen and oxygen atoms in total. The first-order valence-corrected chi connectivity index (χ1v) is 12.2. The molecule has 0 bridgehead atoms. The quantitative estimate of drug-likeness (QED) is 0.132. The van der Waals surface area contributed by atoms with Crippen LogP contribution >= 0.6 is 7.82 Å². The predicted octanol–water partition coefficient (Wildman–Crippen LogP) is 3.28. The molecule has 0 spiro atoms. The largest absolute Gasteiger partial charge is 0.756 e. The summed E-state index contributed by atoms with van der Waals surface area (Å²) in [7, 11) is 1.34. The van der Waals surface area contributed by atoms with Crippen molar-refractivity contribution < 1.29 is 37.3 Å². The molecule has 0 rings (SSSR count). The van der Waals surface area contributed by atoms with Gasteiger partial charge in [-0.05, 0) is 6.42 Å². The molecule has 0 N–H and O–H groups in total. The zero-order chi connectivity index (χ0) is 22.2. The Morgan fingerprint density at radius 3 is 2.07 bits per heavy atom. The van der Waals surface area contributed by atoms with E-state index < -0.39 is 19.9 Å². The molecule has 0 aromatic carbocycles. The number of carbonyl (C=O) groups is 1. The summed E-state index contributed by atoms with van der Waals surface area (Å²) in [4.78, 5) is 23.1. The number of esters is 1. The van der Waals surface area contributed by atoms with Gasteiger partial charge in [0.1, 0.15) is 19.3 Å². The number of carbonyl (C=O) groups excluding carboxylic acids is 1. The summed E-state index contributed by atoms with van der Waals surface area (Å²) in [5.41, 5.74) is 0. The average molecular weight is 440 g/mol. The van der Waals surface area contributed by atoms with Crippen LogP contribution in [0.25, 0.3) is 0 Å². The van der Waals surface area contributed by atoms with Crippen LogP contribution < -0.4 is 4.89 Å². The number of ether oxygens (including phenoxy) is 2. The van der Waals surface area contributed by atoms with Crippen LogP contribution in [0.5, 0.6) is 0 Å². The highest BCUT2D eigenvalue weighted by atomic mass is 31.2. The first-order valence-electron chi connectivity index (χ1n) is 10.7. The fourth-order valence-electron chi connectivity index (χ4n) is 2.54. The van der Waals surface area contributed by atoms with E-state index in [0.29, 0.717) is 17.6 Å². The van der Waals surface area contributed by atoms with Crippen LogP contribution in [0.1, 0.15) is 65.2 Å². The van der Waals surface area contributed by atoms with Crippen molar-refractivity contribution in [1.82, 2.24) is 0 Å². The van der Waals surface area contributed by atoms with Gasteiger partial charge in [0.2, 0.25) is 0 Å². The summed E-state index contributed by atoms with van der Waals surface area (Å²) >= 11 is 0. The summed E-state index contributed by atoms with van der Waals surface area (Å²) in [6.45, 7) is 4.34. The van der Waals surface area contributed by atoms with Gasteiger partial charge in [-0.15, -0.1) is 0 Å². The molecule has 0 aliphatic rings. The third-order valence-electron chi connectivity index (χ3n) is 4.21. The fourth-order valence-corrected chi connectivity index (χ4v) is 3.27. The second-order valence-corrected chi connectivity index (χ2v) is 9.78. The van der Waals surface area contributed by atoms with Crippen LogP contribution in [0.2, 0.25) is 0 Å². The Morgan fingerprint density at radius 1 is 0.931 bits per heavy atom. The highest BCUT2D eigenvalue weighted by molar-refractivity contribution is 7.45. The second-order valence-electron chi connectivity index (χ2n) is 8.37. The molecular formula is C20H42NO7P. The van der Waals surface area contributed by atoms with Crippen LogP contribution in [0, 0.1) is 0 Å². The third-order valence-corrected chi connectivity index (χ3v) is 5.17. The van der Waals surface area contributed by atoms with E-state index in [2.05, 4.69) is 6.92 Å². The van der Waals surface area contributed by atoms with Crippen LogP contribution in [0.4, 0.5) is 0 Å². The lowest BCUT2D eigenvalue weighted by Gasteiger charge is -2.28. The van der Waals surface area contributed by atoms with Crippen LogP contribution in [0.3, 0.4) is 0 Å². The second kappa shape index (κ2) is 16.2. The number of unbranched alkanes of at least 4 members (excludes halogenated alkanes) is 7. The Balaban J connectivity index is 4.02. The third kappa shape index (κ3) is 20.5. The van der Waals surface area contributed by atoms with Gasteiger partial charge in [0.05, 0.1) is 34.4 Å². The van der Waals surface area contributed by atoms with Gasteiger partial charge in [0.15, 0.2) is 0 Å². The number of nitrogens with zero attached hydrogens (tertiary/aromatic N) is 1. The Morgan fingerprint density at radius 2 is 1.52 bits per heavy atom. The van der Waals surface area contributed by atoms with Gasteiger partial charge < -0.3 is 27.9 Å². The number of phosphoric acid groups is 1. The fraction of sp³-hybridized carbons (Fsp3) is 0.950. The Labute approximate surface area is 177 Å². The Kier molecular flexibility index (Phi) is 15.9. The molecule has 0 aliphatic heterocycles. The standard InChI is InChI=1S/C20H42NO7P/c1-6-7-8-9-10-11-12-13-15-25-17-20(28-19(2)22)18-27-29(23,24)26-16-14-21(3,4)5/h20H,6-18H2,1-5H3/t20-/m1/s1. The number of hydrogen-bond acceptors (Lipinski definition) is 7. The minimum atomic E-state index is -4.45. The molecule has 29 heavy (non-hydrogen) atoms. The van der Waals surface area contributed by atoms with E-state index in [4.69, 9.17) is 18.5 Å². The van der Waals surface area contributed by atoms with Gasteiger partial charge in [-0.25, -0.2) is 0 Å². The zero-order valence-electron chi connectivity index (χ0n) is 19.0. The predicted molar refractivity (Wildman–Crippen MR) is 111 cm³/mol. The molecule has 0 aromatic rings. The minimum Gasteiger partial charge on any atom is -0.756 e. The molecule has 2 atom stereocenters. The van der Waals surface area contributed by atoms with Crippen molar-refractivity contribution in [3.8, 4) is 0 Å². The highest BCUT2D eigenvalue weighted by Gasteiger charge is 2.19. The van der Waals surface area contributed by atoms with E-state index in [1.54, 1.807) is 0 Å². The molecule has 174 valence electrons. The van der Waals surface area contributed by atoms with E-state index in [1.165, 1.54) is 45.4 Å². The number of phosphoric ester groups is 1. The van der Waals surface area contributed by atoms with Crippen molar-refractivity contribution in [2.75, 3.05) is 54.1 Å². The van der Waals surface area contributed by atoms with Crippen molar-refractivity contribution >= 4 is 13.8 Å². The summed E-state index contributed by atoms with van der Waals surface area (Å²) in [5, 5.41) is 0. The van der Waals surface area contributed by atoms with Gasteiger partial charge in [0.25, 0.3) is 7.82 Å². The van der Waals surface area contributed by atoms with E-state index in [9.17, 15) is 14.3 Å². The summed E-state index contributed by atoms with van der Waals surface area (Å²) in [6.07, 6.45) is 8.82. The first kappa shape index (κ1) is 28.5. The van der Waals surface area contributed by atoms with Gasteiger partial charge in [-0.3, -0.25) is 9.36 Å². The molecule has 0 radical (unpaired) electrons. The average Bonchev–Trinajstić information content (AvgIpc) is 2.59. The van der Waals surface area contributed by atoms with Crippen molar-refractivity contribution in [2.24, 2.45) is 0 Å². The van der Waals surface area contributed by atoms with Gasteiger partial charge >= 0.3 is 5.97 Å². The van der Waals surface area contributed by atoms with Crippen molar-refractivity contribution in [1.29, 1.82) is 0 Å². The molecule has 0 aliphatic carbocycles. The maximum Gasteiger partial charge on any atom is 0.303 e. The van der Waals surface area contributed by atoms with E-state index in [-0.39, 0.29) is 19.8 Å². The molecule has 0 heterocycles. The lowest BCUT2D eigenvalue weighted by Crippen LogP contribution is -2.37. The lowest BCUT2D eigenvalue weighted by atomic mass is 10.1. The van der Waals surface area contributed by atoms with Crippen LogP contribution in [-0.2, 0) is 27.9 Å². The van der Waals surface area contributed by atoms with Crippen LogP contribution in [0.15, 0.2) is 0 Å². The SMILES string of the molecule is CCCCCCCCCCOC[C@H](COP(=O)([O-])OCC[N+](C)(C)C)OC(C)=O. The van der Waals surface area contributed by atoms with Gasteiger partial charge in [0, 0.05) is 13.5 Å². The van der Waals surface area contributed by atoms with E-state index in [0.717, 1.165) is 12.8 Å². The minimum absolute atomic E-state index is 0.0253. The molecule has 1 unspecified atom stereocenters. The molecular weight excluding hydrogens is 397 g/mol. The smallest absolute Gasteiger partial charge is 0.303 e. The summed E-state index contributed by atoms with van der Waals surface area (Å²) in [6, 6.07) is 0. The van der Waals surface area contributed by atoms with Crippen molar-refractivity contribution in [3.05, 3.63) is 0 Å². The topological polar surface area (TPSA) is 94.1 Å². The van der Waals surface area contributed by atoms with Crippen molar-refractivity contribution in [2.45, 2.75) is 71.3 Å². The molecule has 0 fully saturated rings. The normalized spacial score (nSPS) is 15.1. The monoisotopic (exact) mass is 439 g/mol. The lowest BCUT2D eigenvalue weighted by molar-refractivity contribution is -0.870. The molecule has 9 heteroatoms. The van der Waals surface area contributed by atoms with Crippen LogP contribution in [-0.4, -0.2) is 70.7 Å². The summed E-state index contributed by atoms with van der Waals surface area (Å²) in [5.74, 6) is -0.513. The zero-order valence-corrected chi connectivity index (χ0v) is 19.9. The number of likely N-dealkylation sites (N-methyl/N-ethyl adjacent to an activating group) is 1. The van der Waals surface area contributed by atoms with Gasteiger partial charge in [-0.2, -0.15) is 0 Å². The molecule has 0 saturated heterocycles. The highest BCUT2D eigenvalue weighted by Crippen LogP contribution is 2.38. The molecule has 0 aromatic heterocycles. The van der Waals surface area contributed by atoms with E-state index >= 15 is 0 Å². The number of quaternary nitrogens is 1.